The number of hydrogen-bond donors (Lipinski definition) is 0. The molecule has 1 fully saturated rings. The third kappa shape index (κ3) is 4.08. The number of aromatic nitrogens is 4. The zero-order chi connectivity index (χ0) is 17.8. The van der Waals surface area contributed by atoms with Crippen LogP contribution in [0.1, 0.15) is 36.4 Å². The lowest BCUT2D eigenvalue weighted by Gasteiger charge is -2.26. The van der Waals surface area contributed by atoms with Crippen molar-refractivity contribution in [1.82, 2.24) is 24.6 Å². The van der Waals surface area contributed by atoms with E-state index in [1.807, 2.05) is 30.0 Å². The van der Waals surface area contributed by atoms with Crippen LogP contribution < -0.4 is 0 Å². The first-order valence-corrected chi connectivity index (χ1v) is 9.08. The van der Waals surface area contributed by atoms with E-state index in [0.717, 1.165) is 17.8 Å². The molecule has 134 valence electrons. The highest BCUT2D eigenvalue weighted by molar-refractivity contribution is 5.65. The summed E-state index contributed by atoms with van der Waals surface area (Å²) in [5, 5.41) is 4.12. The van der Waals surface area contributed by atoms with Crippen molar-refractivity contribution in [3.05, 3.63) is 53.9 Å². The summed E-state index contributed by atoms with van der Waals surface area (Å²) in [6, 6.07) is 8.41. The summed E-state index contributed by atoms with van der Waals surface area (Å²) in [7, 11) is 1.94. The van der Waals surface area contributed by atoms with Crippen molar-refractivity contribution in [2.24, 2.45) is 7.05 Å². The lowest BCUT2D eigenvalue weighted by Crippen LogP contribution is -2.29. The number of aryl methyl sites for hydroxylation is 1. The molecule has 1 saturated heterocycles. The van der Waals surface area contributed by atoms with E-state index in [0.29, 0.717) is 11.7 Å². The van der Waals surface area contributed by atoms with Crippen molar-refractivity contribution < 1.29 is 4.52 Å². The Morgan fingerprint density at radius 3 is 2.85 bits per heavy atom. The SMILES string of the molecule is Cn1cnc(/C=C/c2nc(-c3cccc(CN4CCCCC4)c3)no2)c1. The third-order valence-corrected chi connectivity index (χ3v) is 4.60. The van der Waals surface area contributed by atoms with Gasteiger partial charge in [0.2, 0.25) is 5.82 Å². The van der Waals surface area contributed by atoms with E-state index in [9.17, 15) is 0 Å². The van der Waals surface area contributed by atoms with Gasteiger partial charge >= 0.3 is 0 Å². The van der Waals surface area contributed by atoms with Crippen LogP contribution in [0, 0.1) is 0 Å². The Hall–Kier alpha value is -2.73. The van der Waals surface area contributed by atoms with E-state index in [1.54, 1.807) is 12.4 Å². The Morgan fingerprint density at radius 2 is 2.04 bits per heavy atom. The Labute approximate surface area is 153 Å². The van der Waals surface area contributed by atoms with Gasteiger partial charge in [-0.05, 0) is 43.6 Å². The first kappa shape index (κ1) is 16.7. The van der Waals surface area contributed by atoms with Crippen molar-refractivity contribution in [2.45, 2.75) is 25.8 Å². The summed E-state index contributed by atoms with van der Waals surface area (Å²) in [6.07, 6.45) is 11.3. The van der Waals surface area contributed by atoms with Crippen molar-refractivity contribution in [3.8, 4) is 11.4 Å². The van der Waals surface area contributed by atoms with Crippen LogP contribution in [-0.4, -0.2) is 37.7 Å². The first-order valence-electron chi connectivity index (χ1n) is 9.08. The monoisotopic (exact) mass is 349 g/mol. The summed E-state index contributed by atoms with van der Waals surface area (Å²) in [5.41, 5.74) is 3.14. The van der Waals surface area contributed by atoms with E-state index in [1.165, 1.54) is 37.9 Å². The third-order valence-electron chi connectivity index (χ3n) is 4.60. The molecule has 6 heteroatoms. The number of likely N-dealkylation sites (tertiary alicyclic amines) is 1. The molecule has 1 aliphatic heterocycles. The molecule has 0 spiro atoms. The summed E-state index contributed by atoms with van der Waals surface area (Å²) in [6.45, 7) is 3.36. The van der Waals surface area contributed by atoms with Gasteiger partial charge in [0.05, 0.1) is 12.0 Å². The van der Waals surface area contributed by atoms with E-state index < -0.39 is 0 Å². The average Bonchev–Trinajstić information content (AvgIpc) is 3.30. The fourth-order valence-corrected chi connectivity index (χ4v) is 3.28. The lowest BCUT2D eigenvalue weighted by molar-refractivity contribution is 0.221. The predicted octanol–water partition coefficient (Wildman–Crippen LogP) is 3.63. The van der Waals surface area contributed by atoms with Crippen molar-refractivity contribution in [3.63, 3.8) is 0 Å². The Balaban J connectivity index is 1.46. The molecule has 26 heavy (non-hydrogen) atoms. The minimum atomic E-state index is 0.479. The van der Waals surface area contributed by atoms with Crippen molar-refractivity contribution in [2.75, 3.05) is 13.1 Å². The summed E-state index contributed by atoms with van der Waals surface area (Å²) < 4.78 is 7.24. The van der Waals surface area contributed by atoms with Gasteiger partial charge in [0.15, 0.2) is 0 Å². The number of piperidine rings is 1. The summed E-state index contributed by atoms with van der Waals surface area (Å²) >= 11 is 0. The molecule has 6 nitrogen and oxygen atoms in total. The van der Waals surface area contributed by atoms with Crippen LogP contribution in [0.5, 0.6) is 0 Å². The van der Waals surface area contributed by atoms with Gasteiger partial charge in [0, 0.05) is 31.4 Å². The number of hydrogen-bond acceptors (Lipinski definition) is 5. The maximum Gasteiger partial charge on any atom is 0.251 e. The first-order chi connectivity index (χ1) is 12.8. The molecular weight excluding hydrogens is 326 g/mol. The van der Waals surface area contributed by atoms with Gasteiger partial charge < -0.3 is 9.09 Å². The van der Waals surface area contributed by atoms with Crippen molar-refractivity contribution >= 4 is 12.2 Å². The number of nitrogens with zero attached hydrogens (tertiary/aromatic N) is 5. The Kier molecular flexibility index (Phi) is 4.93. The average molecular weight is 349 g/mol. The fourth-order valence-electron chi connectivity index (χ4n) is 3.28. The molecule has 0 saturated carbocycles. The molecule has 3 heterocycles. The molecular formula is C20H23N5O. The van der Waals surface area contributed by atoms with Gasteiger partial charge in [-0.25, -0.2) is 4.98 Å². The molecule has 0 atom stereocenters. The number of imidazole rings is 1. The van der Waals surface area contributed by atoms with Gasteiger partial charge in [0.25, 0.3) is 5.89 Å². The highest BCUT2D eigenvalue weighted by Gasteiger charge is 2.12. The Morgan fingerprint density at radius 1 is 1.15 bits per heavy atom. The quantitative estimate of drug-likeness (QED) is 0.704. The lowest BCUT2D eigenvalue weighted by atomic mass is 10.1. The van der Waals surface area contributed by atoms with Crippen LogP contribution in [0.4, 0.5) is 0 Å². The summed E-state index contributed by atoms with van der Waals surface area (Å²) in [4.78, 5) is 11.2. The van der Waals surface area contributed by atoms with Crippen LogP contribution >= 0.6 is 0 Å². The molecule has 1 aromatic carbocycles. The van der Waals surface area contributed by atoms with E-state index in [4.69, 9.17) is 4.52 Å². The normalized spacial score (nSPS) is 15.7. The fraction of sp³-hybridized carbons (Fsp3) is 0.350. The van der Waals surface area contributed by atoms with Crippen LogP contribution in [-0.2, 0) is 13.6 Å². The van der Waals surface area contributed by atoms with E-state index >= 15 is 0 Å². The molecule has 0 radical (unpaired) electrons. The highest BCUT2D eigenvalue weighted by atomic mass is 16.5. The van der Waals surface area contributed by atoms with Gasteiger partial charge in [0.1, 0.15) is 0 Å². The van der Waals surface area contributed by atoms with Crippen LogP contribution in [0.15, 0.2) is 41.3 Å². The van der Waals surface area contributed by atoms with Crippen LogP contribution in [0.25, 0.3) is 23.5 Å². The maximum absolute atomic E-state index is 5.34. The molecule has 3 aromatic rings. The van der Waals surface area contributed by atoms with Gasteiger partial charge in [-0.1, -0.05) is 29.8 Å². The summed E-state index contributed by atoms with van der Waals surface area (Å²) in [5.74, 6) is 1.10. The van der Waals surface area contributed by atoms with Gasteiger partial charge in [-0.2, -0.15) is 4.98 Å². The van der Waals surface area contributed by atoms with Crippen LogP contribution in [0.3, 0.4) is 0 Å². The topological polar surface area (TPSA) is 60.0 Å². The Bertz CT molecular complexity index is 889. The highest BCUT2D eigenvalue weighted by Crippen LogP contribution is 2.20. The molecule has 0 bridgehead atoms. The number of rotatable bonds is 5. The second kappa shape index (κ2) is 7.66. The van der Waals surface area contributed by atoms with E-state index in [-0.39, 0.29) is 0 Å². The maximum atomic E-state index is 5.34. The molecule has 0 N–H and O–H groups in total. The number of benzene rings is 1. The van der Waals surface area contributed by atoms with Gasteiger partial charge in [-0.3, -0.25) is 4.90 Å². The van der Waals surface area contributed by atoms with Crippen molar-refractivity contribution in [1.29, 1.82) is 0 Å². The zero-order valence-electron chi connectivity index (χ0n) is 15.0. The zero-order valence-corrected chi connectivity index (χ0v) is 15.0. The largest absolute Gasteiger partial charge is 0.340 e. The van der Waals surface area contributed by atoms with Crippen LogP contribution in [0.2, 0.25) is 0 Å². The minimum absolute atomic E-state index is 0.479. The standard InChI is InChI=1S/C20H23N5O/c1-24-14-18(21-15-24)8-9-19-22-20(23-26-19)17-7-5-6-16(12-17)13-25-10-3-2-4-11-25/h5-9,12,14-15H,2-4,10-11,13H2,1H3/b9-8+. The smallest absolute Gasteiger partial charge is 0.251 e. The second-order valence-electron chi connectivity index (χ2n) is 6.79. The second-order valence-corrected chi connectivity index (χ2v) is 6.79. The minimum Gasteiger partial charge on any atom is -0.340 e. The molecule has 0 amide bonds. The predicted molar refractivity (Wildman–Crippen MR) is 101 cm³/mol. The molecule has 0 unspecified atom stereocenters. The molecule has 1 aliphatic rings. The molecule has 0 aliphatic carbocycles. The molecule has 4 rings (SSSR count). The van der Waals surface area contributed by atoms with E-state index in [2.05, 4.69) is 38.2 Å². The molecule has 2 aromatic heterocycles. The van der Waals surface area contributed by atoms with Gasteiger partial charge in [-0.15, -0.1) is 0 Å².